The van der Waals surface area contributed by atoms with E-state index in [0.29, 0.717) is 0 Å². The number of nitrogens with zero attached hydrogens (tertiary/aromatic N) is 2. The van der Waals surface area contributed by atoms with Crippen molar-refractivity contribution < 1.29 is 0 Å². The first-order chi connectivity index (χ1) is 8.11. The van der Waals surface area contributed by atoms with E-state index in [1.54, 1.807) is 0 Å². The van der Waals surface area contributed by atoms with Gasteiger partial charge in [0.25, 0.3) is 0 Å². The van der Waals surface area contributed by atoms with E-state index in [2.05, 4.69) is 49.2 Å². The normalized spacial score (nSPS) is 12.4. The van der Waals surface area contributed by atoms with Gasteiger partial charge in [0.1, 0.15) is 0 Å². The molecule has 1 aromatic carbocycles. The molecule has 0 saturated carbocycles. The quantitative estimate of drug-likeness (QED) is 0.750. The highest BCUT2D eigenvalue weighted by atomic mass is 32.2. The van der Waals surface area contributed by atoms with Crippen molar-refractivity contribution in [2.75, 3.05) is 0 Å². The molecule has 0 radical (unpaired) electrons. The summed E-state index contributed by atoms with van der Waals surface area (Å²) in [6, 6.07) is 10.5. The third-order valence-corrected chi connectivity index (χ3v) is 3.61. The Balaban J connectivity index is 2.55. The molecule has 0 bridgehead atoms. The lowest BCUT2D eigenvalue weighted by Gasteiger charge is -2.08. The predicted octanol–water partition coefficient (Wildman–Crippen LogP) is 3.86. The number of nitriles is 1. The fourth-order valence-corrected chi connectivity index (χ4v) is 2.60. The molecule has 0 spiro atoms. The summed E-state index contributed by atoms with van der Waals surface area (Å²) < 4.78 is 0. The number of rotatable bonds is 2. The molecule has 0 saturated heterocycles. The first kappa shape index (κ1) is 11.9. The summed E-state index contributed by atoms with van der Waals surface area (Å²) in [5.41, 5.74) is 3.43. The maximum atomic E-state index is 8.83. The first-order valence-corrected chi connectivity index (χ1v) is 6.43. The minimum absolute atomic E-state index is 0.0663. The Labute approximate surface area is 106 Å². The standard InChI is InChI=1S/C14H14N2S/c1-9-5-4-6-12-10(2)7-13(16-14(9)12)17-11(3)8-15/h4-7,11H,1-3H3/t11-/m0/s1. The lowest BCUT2D eigenvalue weighted by atomic mass is 10.1. The Hall–Kier alpha value is -1.53. The second kappa shape index (κ2) is 4.77. The van der Waals surface area contributed by atoms with Gasteiger partial charge >= 0.3 is 0 Å². The van der Waals surface area contributed by atoms with Crippen LogP contribution in [0.4, 0.5) is 0 Å². The van der Waals surface area contributed by atoms with Crippen LogP contribution in [0.15, 0.2) is 29.3 Å². The molecule has 0 fully saturated rings. The average molecular weight is 242 g/mol. The van der Waals surface area contributed by atoms with E-state index in [1.165, 1.54) is 28.3 Å². The zero-order chi connectivity index (χ0) is 12.4. The lowest BCUT2D eigenvalue weighted by Crippen LogP contribution is -1.94. The molecule has 1 atom stereocenters. The van der Waals surface area contributed by atoms with Crippen LogP contribution in [0.2, 0.25) is 0 Å². The summed E-state index contributed by atoms with van der Waals surface area (Å²) in [4.78, 5) is 4.64. The summed E-state index contributed by atoms with van der Waals surface area (Å²) in [7, 11) is 0. The maximum Gasteiger partial charge on any atom is 0.0983 e. The van der Waals surface area contributed by atoms with E-state index in [0.717, 1.165) is 10.5 Å². The molecule has 0 unspecified atom stereocenters. The molecule has 2 nitrogen and oxygen atoms in total. The Kier molecular flexibility index (Phi) is 3.35. The number of fused-ring (bicyclic) bond motifs is 1. The highest BCUT2D eigenvalue weighted by Crippen LogP contribution is 2.27. The van der Waals surface area contributed by atoms with E-state index in [9.17, 15) is 0 Å². The zero-order valence-electron chi connectivity index (χ0n) is 10.2. The fraction of sp³-hybridized carbons (Fsp3) is 0.286. The number of hydrogen-bond donors (Lipinski definition) is 0. The van der Waals surface area contributed by atoms with Crippen molar-refractivity contribution in [2.45, 2.75) is 31.0 Å². The Morgan fingerprint density at radius 3 is 2.76 bits per heavy atom. The van der Waals surface area contributed by atoms with Crippen molar-refractivity contribution in [1.82, 2.24) is 4.98 Å². The van der Waals surface area contributed by atoms with Gasteiger partial charge < -0.3 is 0 Å². The molecule has 1 heterocycles. The van der Waals surface area contributed by atoms with Crippen molar-refractivity contribution in [3.8, 4) is 6.07 Å². The number of hydrogen-bond acceptors (Lipinski definition) is 3. The van der Waals surface area contributed by atoms with E-state index in [-0.39, 0.29) is 5.25 Å². The van der Waals surface area contributed by atoms with Crippen LogP contribution >= 0.6 is 11.8 Å². The molecular formula is C14H14N2S. The summed E-state index contributed by atoms with van der Waals surface area (Å²) in [6.45, 7) is 6.05. The first-order valence-electron chi connectivity index (χ1n) is 5.55. The smallest absolute Gasteiger partial charge is 0.0983 e. The van der Waals surface area contributed by atoms with Crippen LogP contribution in [0.5, 0.6) is 0 Å². The van der Waals surface area contributed by atoms with Crippen LogP contribution in [-0.2, 0) is 0 Å². The molecule has 2 rings (SSSR count). The molecule has 0 aliphatic rings. The van der Waals surface area contributed by atoms with Gasteiger partial charge in [0, 0.05) is 5.39 Å². The van der Waals surface area contributed by atoms with Crippen LogP contribution in [0.1, 0.15) is 18.1 Å². The number of aryl methyl sites for hydroxylation is 2. The van der Waals surface area contributed by atoms with Gasteiger partial charge in [0.15, 0.2) is 0 Å². The number of aromatic nitrogens is 1. The van der Waals surface area contributed by atoms with Crippen molar-refractivity contribution in [3.05, 3.63) is 35.4 Å². The SMILES string of the molecule is Cc1cc(S[C@@H](C)C#N)nc2c(C)cccc12. The largest absolute Gasteiger partial charge is 0.241 e. The maximum absolute atomic E-state index is 8.83. The molecule has 2 aromatic rings. The van der Waals surface area contributed by atoms with Gasteiger partial charge in [-0.1, -0.05) is 30.0 Å². The van der Waals surface area contributed by atoms with Gasteiger partial charge in [0.05, 0.1) is 21.9 Å². The Morgan fingerprint density at radius 1 is 1.29 bits per heavy atom. The van der Waals surface area contributed by atoms with Crippen LogP contribution in [0.3, 0.4) is 0 Å². The van der Waals surface area contributed by atoms with Crippen LogP contribution in [-0.4, -0.2) is 10.2 Å². The second-order valence-electron chi connectivity index (χ2n) is 4.14. The molecule has 0 amide bonds. The van der Waals surface area contributed by atoms with Gasteiger partial charge in [0.2, 0.25) is 0 Å². The third-order valence-electron chi connectivity index (χ3n) is 2.70. The Morgan fingerprint density at radius 2 is 2.06 bits per heavy atom. The van der Waals surface area contributed by atoms with E-state index in [1.807, 2.05) is 6.92 Å². The number of benzene rings is 1. The Bertz CT molecular complexity index is 599. The van der Waals surface area contributed by atoms with Crippen molar-refractivity contribution in [2.24, 2.45) is 0 Å². The summed E-state index contributed by atoms with van der Waals surface area (Å²) in [5, 5.41) is 10.9. The zero-order valence-corrected chi connectivity index (χ0v) is 11.0. The minimum Gasteiger partial charge on any atom is -0.241 e. The summed E-state index contributed by atoms with van der Waals surface area (Å²) in [6.07, 6.45) is 0. The van der Waals surface area contributed by atoms with Gasteiger partial charge in [-0.25, -0.2) is 4.98 Å². The highest BCUT2D eigenvalue weighted by molar-refractivity contribution is 8.00. The van der Waals surface area contributed by atoms with Crippen molar-refractivity contribution in [3.63, 3.8) is 0 Å². The number of pyridine rings is 1. The number of thioether (sulfide) groups is 1. The van der Waals surface area contributed by atoms with Crippen molar-refractivity contribution in [1.29, 1.82) is 5.26 Å². The molecule has 1 aromatic heterocycles. The molecule has 17 heavy (non-hydrogen) atoms. The monoisotopic (exact) mass is 242 g/mol. The van der Waals surface area contributed by atoms with E-state index in [4.69, 9.17) is 5.26 Å². The molecule has 86 valence electrons. The summed E-state index contributed by atoms with van der Waals surface area (Å²) >= 11 is 1.51. The van der Waals surface area contributed by atoms with Crippen LogP contribution < -0.4 is 0 Å². The van der Waals surface area contributed by atoms with Crippen LogP contribution in [0, 0.1) is 25.2 Å². The number of para-hydroxylation sites is 1. The molecular weight excluding hydrogens is 228 g/mol. The fourth-order valence-electron chi connectivity index (χ4n) is 1.80. The minimum atomic E-state index is -0.0663. The molecule has 3 heteroatoms. The third kappa shape index (κ3) is 2.42. The highest BCUT2D eigenvalue weighted by Gasteiger charge is 2.08. The summed E-state index contributed by atoms with van der Waals surface area (Å²) in [5.74, 6) is 0. The molecule has 0 aliphatic heterocycles. The molecule has 0 N–H and O–H groups in total. The van der Waals surface area contributed by atoms with Gasteiger partial charge in [-0.3, -0.25) is 0 Å². The predicted molar refractivity (Wildman–Crippen MR) is 72.1 cm³/mol. The second-order valence-corrected chi connectivity index (χ2v) is 5.50. The molecule has 0 aliphatic carbocycles. The van der Waals surface area contributed by atoms with E-state index < -0.39 is 0 Å². The average Bonchev–Trinajstić information content (AvgIpc) is 2.30. The van der Waals surface area contributed by atoms with E-state index >= 15 is 0 Å². The van der Waals surface area contributed by atoms with Crippen LogP contribution in [0.25, 0.3) is 10.9 Å². The van der Waals surface area contributed by atoms with Gasteiger partial charge in [-0.05, 0) is 38.0 Å². The van der Waals surface area contributed by atoms with Crippen molar-refractivity contribution >= 4 is 22.7 Å². The topological polar surface area (TPSA) is 36.7 Å². The lowest BCUT2D eigenvalue weighted by molar-refractivity contribution is 1.14. The van der Waals surface area contributed by atoms with Gasteiger partial charge in [-0.2, -0.15) is 5.26 Å². The van der Waals surface area contributed by atoms with Gasteiger partial charge in [-0.15, -0.1) is 0 Å².